The molecule has 6 heteroatoms. The van der Waals surface area contributed by atoms with Crippen molar-refractivity contribution >= 4 is 30.8 Å². The summed E-state index contributed by atoms with van der Waals surface area (Å²) in [7, 11) is 0. The minimum atomic E-state index is -0.659. The van der Waals surface area contributed by atoms with E-state index in [0.29, 0.717) is 18.4 Å². The predicted molar refractivity (Wildman–Crippen MR) is 115 cm³/mol. The molecular formula is C21H34Cl2N2O2. The molecule has 0 bridgehead atoms. The second kappa shape index (κ2) is 12.6. The summed E-state index contributed by atoms with van der Waals surface area (Å²) in [6.07, 6.45) is 8.37. The second-order valence-electron chi connectivity index (χ2n) is 7.80. The molecule has 3 N–H and O–H groups in total. The first-order valence-corrected chi connectivity index (χ1v) is 9.95. The van der Waals surface area contributed by atoms with Gasteiger partial charge in [-0.1, -0.05) is 24.3 Å². The van der Waals surface area contributed by atoms with Gasteiger partial charge in [0.2, 0.25) is 0 Å². The van der Waals surface area contributed by atoms with Crippen molar-refractivity contribution in [1.29, 1.82) is 0 Å². The summed E-state index contributed by atoms with van der Waals surface area (Å²) in [4.78, 5) is 10.7. The zero-order valence-corrected chi connectivity index (χ0v) is 17.6. The molecule has 1 aliphatic carbocycles. The number of piperidine rings is 1. The van der Waals surface area contributed by atoms with E-state index >= 15 is 0 Å². The van der Waals surface area contributed by atoms with Crippen molar-refractivity contribution in [3.05, 3.63) is 35.4 Å². The lowest BCUT2D eigenvalue weighted by atomic mass is 9.83. The van der Waals surface area contributed by atoms with Crippen LogP contribution in [0.5, 0.6) is 0 Å². The Kier molecular flexibility index (Phi) is 11.3. The summed E-state index contributed by atoms with van der Waals surface area (Å²) < 4.78 is 0. The first-order chi connectivity index (χ1) is 12.2. The molecule has 0 radical (unpaired) electrons. The van der Waals surface area contributed by atoms with E-state index in [2.05, 4.69) is 34.9 Å². The van der Waals surface area contributed by atoms with Gasteiger partial charge >= 0.3 is 5.97 Å². The largest absolute Gasteiger partial charge is 0.481 e. The molecule has 1 aliphatic heterocycles. The zero-order valence-electron chi connectivity index (χ0n) is 16.0. The molecule has 0 unspecified atom stereocenters. The molecule has 1 saturated carbocycles. The molecule has 27 heavy (non-hydrogen) atoms. The maximum atomic E-state index is 10.7. The smallest absolute Gasteiger partial charge is 0.303 e. The molecule has 0 atom stereocenters. The highest BCUT2D eigenvalue weighted by molar-refractivity contribution is 5.85. The van der Waals surface area contributed by atoms with E-state index < -0.39 is 5.97 Å². The van der Waals surface area contributed by atoms with E-state index in [9.17, 15) is 4.79 Å². The van der Waals surface area contributed by atoms with E-state index in [1.54, 1.807) is 0 Å². The van der Waals surface area contributed by atoms with Gasteiger partial charge in [-0.2, -0.15) is 0 Å². The van der Waals surface area contributed by atoms with Gasteiger partial charge in [0.25, 0.3) is 0 Å². The number of halogens is 2. The second-order valence-corrected chi connectivity index (χ2v) is 7.80. The van der Waals surface area contributed by atoms with Crippen LogP contribution < -0.4 is 10.6 Å². The fraction of sp³-hybridized carbons (Fsp3) is 0.667. The normalized spacial score (nSPS) is 23.1. The molecule has 0 aromatic heterocycles. The number of carboxylic acids is 1. The molecule has 1 aromatic rings. The Morgan fingerprint density at radius 1 is 1.00 bits per heavy atom. The fourth-order valence-corrected chi connectivity index (χ4v) is 4.31. The molecule has 0 spiro atoms. The van der Waals surface area contributed by atoms with Gasteiger partial charge in [0.15, 0.2) is 0 Å². The fourth-order valence-electron chi connectivity index (χ4n) is 4.31. The van der Waals surface area contributed by atoms with E-state index in [4.69, 9.17) is 5.11 Å². The van der Waals surface area contributed by atoms with Crippen molar-refractivity contribution in [2.45, 2.75) is 69.9 Å². The van der Waals surface area contributed by atoms with E-state index in [1.165, 1.54) is 49.7 Å². The van der Waals surface area contributed by atoms with Crippen molar-refractivity contribution in [2.24, 2.45) is 5.92 Å². The van der Waals surface area contributed by atoms with Crippen LogP contribution >= 0.6 is 24.8 Å². The van der Waals surface area contributed by atoms with Crippen LogP contribution in [0.25, 0.3) is 0 Å². The van der Waals surface area contributed by atoms with Crippen molar-refractivity contribution in [3.8, 4) is 0 Å². The highest BCUT2D eigenvalue weighted by Crippen LogP contribution is 2.28. The third-order valence-electron chi connectivity index (χ3n) is 6.00. The highest BCUT2D eigenvalue weighted by atomic mass is 35.5. The molecule has 2 fully saturated rings. The van der Waals surface area contributed by atoms with Crippen LogP contribution in [0.2, 0.25) is 0 Å². The van der Waals surface area contributed by atoms with E-state index in [0.717, 1.165) is 32.0 Å². The van der Waals surface area contributed by atoms with Gasteiger partial charge in [-0.25, -0.2) is 0 Å². The summed E-state index contributed by atoms with van der Waals surface area (Å²) >= 11 is 0. The van der Waals surface area contributed by atoms with Gasteiger partial charge in [0.1, 0.15) is 0 Å². The molecule has 3 rings (SSSR count). The van der Waals surface area contributed by atoms with Crippen molar-refractivity contribution < 1.29 is 9.90 Å². The molecule has 1 saturated heterocycles. The molecule has 4 nitrogen and oxygen atoms in total. The van der Waals surface area contributed by atoms with Crippen molar-refractivity contribution in [2.75, 3.05) is 13.1 Å². The summed E-state index contributed by atoms with van der Waals surface area (Å²) in [5.74, 6) is 0.677. The summed E-state index contributed by atoms with van der Waals surface area (Å²) in [5, 5.41) is 15.9. The number of nitrogens with one attached hydrogen (secondary N) is 2. The SMILES string of the molecule is Cl.Cl.O=C(O)CCC1CCC(NCc2ccc(C3CCNCC3)cc2)CC1. The minimum Gasteiger partial charge on any atom is -0.481 e. The van der Waals surface area contributed by atoms with Crippen LogP contribution in [0.4, 0.5) is 0 Å². The quantitative estimate of drug-likeness (QED) is 0.611. The lowest BCUT2D eigenvalue weighted by Gasteiger charge is -2.29. The molecular weight excluding hydrogens is 383 g/mol. The minimum absolute atomic E-state index is 0. The Balaban J connectivity index is 0.00000182. The summed E-state index contributed by atoms with van der Waals surface area (Å²) in [6.45, 7) is 3.23. The van der Waals surface area contributed by atoms with Gasteiger partial charge < -0.3 is 15.7 Å². The molecule has 2 aliphatic rings. The van der Waals surface area contributed by atoms with Crippen LogP contribution in [0.3, 0.4) is 0 Å². The van der Waals surface area contributed by atoms with Crippen molar-refractivity contribution in [3.63, 3.8) is 0 Å². The number of hydrogen-bond donors (Lipinski definition) is 3. The van der Waals surface area contributed by atoms with Crippen LogP contribution in [0.15, 0.2) is 24.3 Å². The van der Waals surface area contributed by atoms with Gasteiger partial charge in [0.05, 0.1) is 0 Å². The lowest BCUT2D eigenvalue weighted by Crippen LogP contribution is -2.32. The Labute approximate surface area is 175 Å². The van der Waals surface area contributed by atoms with E-state index in [-0.39, 0.29) is 24.8 Å². The van der Waals surface area contributed by atoms with Crippen LogP contribution in [-0.4, -0.2) is 30.2 Å². The third-order valence-corrected chi connectivity index (χ3v) is 6.00. The maximum absolute atomic E-state index is 10.7. The molecule has 1 aromatic carbocycles. The zero-order chi connectivity index (χ0) is 17.5. The average molecular weight is 417 g/mol. The van der Waals surface area contributed by atoms with Gasteiger partial charge in [-0.05, 0) is 81.0 Å². The number of carbonyl (C=O) groups is 1. The Morgan fingerprint density at radius 3 is 2.22 bits per heavy atom. The van der Waals surface area contributed by atoms with Gasteiger partial charge in [0, 0.05) is 19.0 Å². The summed E-state index contributed by atoms with van der Waals surface area (Å²) in [6, 6.07) is 9.78. The number of rotatable bonds is 7. The molecule has 154 valence electrons. The maximum Gasteiger partial charge on any atom is 0.303 e. The number of benzene rings is 1. The monoisotopic (exact) mass is 416 g/mol. The Bertz CT molecular complexity index is 540. The van der Waals surface area contributed by atoms with Crippen molar-refractivity contribution in [1.82, 2.24) is 10.6 Å². The van der Waals surface area contributed by atoms with Gasteiger partial charge in [-0.15, -0.1) is 24.8 Å². The van der Waals surface area contributed by atoms with Crippen LogP contribution in [0.1, 0.15) is 68.4 Å². The molecule has 1 heterocycles. The standard InChI is InChI=1S/C21H32N2O2.2ClH/c24-21(25)10-5-16-3-8-20(9-4-16)23-15-17-1-6-18(7-2-17)19-11-13-22-14-12-19;;/h1-2,6-7,16,19-20,22-23H,3-5,8-15H2,(H,24,25);2*1H. The lowest BCUT2D eigenvalue weighted by molar-refractivity contribution is -0.137. The first kappa shape index (κ1) is 24.2. The topological polar surface area (TPSA) is 61.4 Å². The Morgan fingerprint density at radius 2 is 1.63 bits per heavy atom. The van der Waals surface area contributed by atoms with Gasteiger partial charge in [-0.3, -0.25) is 4.79 Å². The highest BCUT2D eigenvalue weighted by Gasteiger charge is 2.21. The number of hydrogen-bond acceptors (Lipinski definition) is 3. The predicted octanol–water partition coefficient (Wildman–Crippen LogP) is 4.51. The average Bonchev–Trinajstić information content (AvgIpc) is 2.66. The number of aliphatic carboxylic acids is 1. The number of carboxylic acid groups (broad SMARTS) is 1. The Hall–Kier alpha value is -0.810. The first-order valence-electron chi connectivity index (χ1n) is 9.95. The van der Waals surface area contributed by atoms with Crippen LogP contribution in [-0.2, 0) is 11.3 Å². The third kappa shape index (κ3) is 7.98. The van der Waals surface area contributed by atoms with E-state index in [1.807, 2.05) is 0 Å². The van der Waals surface area contributed by atoms with Crippen LogP contribution in [0, 0.1) is 5.92 Å². The molecule has 0 amide bonds. The summed E-state index contributed by atoms with van der Waals surface area (Å²) in [5.41, 5.74) is 2.86.